The number of halogens is 4. The van der Waals surface area contributed by atoms with Gasteiger partial charge in [-0.15, -0.1) is 24.0 Å². The number of aromatic nitrogens is 2. The molecule has 10 heteroatoms. The van der Waals surface area contributed by atoms with E-state index < -0.39 is 6.55 Å². The predicted molar refractivity (Wildman–Crippen MR) is 108 cm³/mol. The zero-order valence-electron chi connectivity index (χ0n) is 15.0. The van der Waals surface area contributed by atoms with Crippen molar-refractivity contribution in [1.82, 2.24) is 20.2 Å². The average Bonchev–Trinajstić information content (AvgIpc) is 3.06. The summed E-state index contributed by atoms with van der Waals surface area (Å²) in [7, 11) is 0. The van der Waals surface area contributed by atoms with E-state index in [9.17, 15) is 13.2 Å². The van der Waals surface area contributed by atoms with Gasteiger partial charge in [-0.1, -0.05) is 6.07 Å². The number of imidazole rings is 1. The molecule has 1 aromatic heterocycles. The number of alkyl halides is 2. The van der Waals surface area contributed by atoms with Gasteiger partial charge >= 0.3 is 6.55 Å². The lowest BCUT2D eigenvalue weighted by molar-refractivity contribution is 0.0671. The molecule has 0 saturated heterocycles. The molecule has 6 nitrogen and oxygen atoms in total. The molecule has 0 bridgehead atoms. The van der Waals surface area contributed by atoms with Crippen LogP contribution in [0, 0.1) is 5.82 Å². The molecule has 0 aliphatic rings. The highest BCUT2D eigenvalue weighted by Crippen LogP contribution is 2.14. The van der Waals surface area contributed by atoms with E-state index in [2.05, 4.69) is 20.6 Å². The highest BCUT2D eigenvalue weighted by molar-refractivity contribution is 14.0. The second kappa shape index (κ2) is 11.7. The van der Waals surface area contributed by atoms with Gasteiger partial charge in [0.15, 0.2) is 5.96 Å². The second-order valence-electron chi connectivity index (χ2n) is 5.49. The summed E-state index contributed by atoms with van der Waals surface area (Å²) in [6.07, 6.45) is 2.26. The number of aliphatic imine (C=N–C) groups is 1. The van der Waals surface area contributed by atoms with Crippen molar-refractivity contribution in [3.8, 4) is 5.75 Å². The molecule has 0 spiro atoms. The van der Waals surface area contributed by atoms with Gasteiger partial charge in [-0.3, -0.25) is 4.57 Å². The highest BCUT2D eigenvalue weighted by Gasteiger charge is 2.11. The van der Waals surface area contributed by atoms with E-state index >= 15 is 0 Å². The molecule has 2 rings (SSSR count). The molecular weight excluding hydrogens is 474 g/mol. The Hall–Kier alpha value is -1.98. The summed E-state index contributed by atoms with van der Waals surface area (Å²) in [6.45, 7) is 2.07. The minimum atomic E-state index is -2.65. The maximum absolute atomic E-state index is 13.2. The van der Waals surface area contributed by atoms with Gasteiger partial charge in [0.2, 0.25) is 0 Å². The molecule has 0 saturated carbocycles. The van der Waals surface area contributed by atoms with E-state index in [1.807, 2.05) is 13.8 Å². The molecule has 0 aliphatic heterocycles. The number of nitrogens with one attached hydrogen (secondary N) is 2. The largest absolute Gasteiger partial charge is 0.489 e. The van der Waals surface area contributed by atoms with Crippen molar-refractivity contribution in [1.29, 1.82) is 0 Å². The Morgan fingerprint density at radius 2 is 2.11 bits per heavy atom. The number of hydrogen-bond acceptors (Lipinski definition) is 3. The van der Waals surface area contributed by atoms with Crippen molar-refractivity contribution >= 4 is 29.9 Å². The quantitative estimate of drug-likeness (QED) is 0.333. The maximum Gasteiger partial charge on any atom is 0.319 e. The highest BCUT2D eigenvalue weighted by atomic mass is 127. The van der Waals surface area contributed by atoms with Crippen LogP contribution < -0.4 is 15.4 Å². The standard InChI is InChI=1S/C17H22F3N5O.HI/c1-3-21-17(24-11-15-22-7-8-25(15)16(19)20)23-10-12(2)26-14-6-4-5-13(18)9-14;/h4-9,12,16H,3,10-11H2,1-2H3,(H2,21,23,24);1H. The van der Waals surface area contributed by atoms with Gasteiger partial charge in [0.25, 0.3) is 0 Å². The van der Waals surface area contributed by atoms with Crippen molar-refractivity contribution < 1.29 is 17.9 Å². The number of hydrogen-bond donors (Lipinski definition) is 2. The summed E-state index contributed by atoms with van der Waals surface area (Å²) < 4.78 is 45.2. The SMILES string of the molecule is CCNC(=NCc1nccn1C(F)F)NCC(C)Oc1cccc(F)c1.I. The zero-order valence-corrected chi connectivity index (χ0v) is 17.4. The molecule has 0 amide bonds. The van der Waals surface area contributed by atoms with Gasteiger partial charge < -0.3 is 15.4 Å². The lowest BCUT2D eigenvalue weighted by atomic mass is 10.3. The summed E-state index contributed by atoms with van der Waals surface area (Å²) in [5.74, 6) is 0.680. The zero-order chi connectivity index (χ0) is 18.9. The number of nitrogens with zero attached hydrogens (tertiary/aromatic N) is 3. The summed E-state index contributed by atoms with van der Waals surface area (Å²) in [5.41, 5.74) is 0. The van der Waals surface area contributed by atoms with Gasteiger partial charge in [-0.2, -0.15) is 8.78 Å². The van der Waals surface area contributed by atoms with E-state index in [1.54, 1.807) is 12.1 Å². The fourth-order valence-corrected chi connectivity index (χ4v) is 2.19. The third kappa shape index (κ3) is 7.65. The average molecular weight is 497 g/mol. The van der Waals surface area contributed by atoms with Gasteiger partial charge in [0.05, 0.1) is 6.54 Å². The fraction of sp³-hybridized carbons (Fsp3) is 0.412. The molecule has 150 valence electrons. The van der Waals surface area contributed by atoms with Crippen LogP contribution in [0.4, 0.5) is 13.2 Å². The van der Waals surface area contributed by atoms with Crippen LogP contribution in [0.15, 0.2) is 41.7 Å². The monoisotopic (exact) mass is 497 g/mol. The maximum atomic E-state index is 13.2. The first-order valence-electron chi connectivity index (χ1n) is 8.23. The van der Waals surface area contributed by atoms with Gasteiger partial charge in [0.1, 0.15) is 30.0 Å². The molecule has 0 radical (unpaired) electrons. The molecule has 0 fully saturated rings. The molecule has 0 aliphatic carbocycles. The Bertz CT molecular complexity index is 726. The first-order chi connectivity index (χ1) is 12.5. The molecule has 1 atom stereocenters. The second-order valence-corrected chi connectivity index (χ2v) is 5.49. The molecular formula is C17H23F3IN5O. The van der Waals surface area contributed by atoms with Crippen LogP contribution in [-0.2, 0) is 6.54 Å². The number of benzene rings is 1. The predicted octanol–water partition coefficient (Wildman–Crippen LogP) is 3.56. The van der Waals surface area contributed by atoms with Gasteiger partial charge in [-0.25, -0.2) is 14.4 Å². The Kier molecular flexibility index (Phi) is 9.97. The normalized spacial score (nSPS) is 12.4. The summed E-state index contributed by atoms with van der Waals surface area (Å²) in [4.78, 5) is 8.14. The molecule has 27 heavy (non-hydrogen) atoms. The summed E-state index contributed by atoms with van der Waals surface area (Å²) >= 11 is 0. The van der Waals surface area contributed by atoms with Crippen LogP contribution >= 0.6 is 24.0 Å². The number of rotatable bonds is 8. The Morgan fingerprint density at radius 1 is 1.33 bits per heavy atom. The minimum Gasteiger partial charge on any atom is -0.489 e. The van der Waals surface area contributed by atoms with E-state index in [0.717, 1.165) is 4.57 Å². The van der Waals surface area contributed by atoms with Crippen molar-refractivity contribution in [2.24, 2.45) is 4.99 Å². The molecule has 1 unspecified atom stereocenters. The lowest BCUT2D eigenvalue weighted by Gasteiger charge is -2.17. The Morgan fingerprint density at radius 3 is 2.78 bits per heavy atom. The first-order valence-corrected chi connectivity index (χ1v) is 8.23. The third-order valence-electron chi connectivity index (χ3n) is 3.37. The molecule has 2 aromatic rings. The Labute approximate surface area is 173 Å². The van der Waals surface area contributed by atoms with Crippen LogP contribution in [0.5, 0.6) is 5.75 Å². The number of ether oxygens (including phenoxy) is 1. The van der Waals surface area contributed by atoms with Crippen molar-refractivity contribution in [2.45, 2.75) is 33.0 Å². The van der Waals surface area contributed by atoms with Crippen LogP contribution in [-0.4, -0.2) is 34.7 Å². The van der Waals surface area contributed by atoms with Crippen molar-refractivity contribution in [2.75, 3.05) is 13.1 Å². The lowest BCUT2D eigenvalue weighted by Crippen LogP contribution is -2.41. The third-order valence-corrected chi connectivity index (χ3v) is 3.37. The number of guanidine groups is 1. The first kappa shape index (κ1) is 23.1. The van der Waals surface area contributed by atoms with Crippen LogP contribution in [0.1, 0.15) is 26.2 Å². The van der Waals surface area contributed by atoms with Gasteiger partial charge in [-0.05, 0) is 26.0 Å². The fourth-order valence-electron chi connectivity index (χ4n) is 2.19. The molecule has 1 aromatic carbocycles. The molecule has 2 N–H and O–H groups in total. The van der Waals surface area contributed by atoms with E-state index in [-0.39, 0.29) is 48.3 Å². The van der Waals surface area contributed by atoms with Crippen LogP contribution in [0.3, 0.4) is 0 Å². The van der Waals surface area contributed by atoms with Crippen LogP contribution in [0.2, 0.25) is 0 Å². The van der Waals surface area contributed by atoms with E-state index in [1.165, 1.54) is 24.5 Å². The minimum absolute atomic E-state index is 0. The Balaban J connectivity index is 0.00000364. The molecule has 1 heterocycles. The summed E-state index contributed by atoms with van der Waals surface area (Å²) in [6, 6.07) is 5.89. The van der Waals surface area contributed by atoms with Crippen molar-refractivity contribution in [3.63, 3.8) is 0 Å². The van der Waals surface area contributed by atoms with Crippen molar-refractivity contribution in [3.05, 3.63) is 48.3 Å². The van der Waals surface area contributed by atoms with Gasteiger partial charge in [0, 0.05) is 25.0 Å². The van der Waals surface area contributed by atoms with E-state index in [0.29, 0.717) is 24.8 Å². The topological polar surface area (TPSA) is 63.5 Å². The van der Waals surface area contributed by atoms with E-state index in [4.69, 9.17) is 4.74 Å². The summed E-state index contributed by atoms with van der Waals surface area (Å²) in [5, 5.41) is 6.08. The van der Waals surface area contributed by atoms with Crippen LogP contribution in [0.25, 0.3) is 0 Å². The smallest absolute Gasteiger partial charge is 0.319 e.